The standard InChI is InChI=1S/C22H30Cl6O2/c1-3-5-6-7-8-9-12-15-16(13-10-11-14-17(29)30-4-2)21(26)19(24)18(23)20(15,25)22(21,27)28/h4,15-16H,2-3,5-14H2,1H3. The molecule has 0 aromatic rings. The first-order valence-electron chi connectivity index (χ1n) is 10.7. The number of allylic oxidation sites excluding steroid dienone is 2. The van der Waals surface area contributed by atoms with Crippen LogP contribution in [0.3, 0.4) is 0 Å². The molecule has 0 aliphatic heterocycles. The SMILES string of the molecule is C=COC(=O)CCCCC1C(CCCCCCCC)C2(Cl)C(Cl)=C(Cl)C1(Cl)C2(Cl)Cl. The zero-order valence-corrected chi connectivity index (χ0v) is 21.8. The topological polar surface area (TPSA) is 26.3 Å². The summed E-state index contributed by atoms with van der Waals surface area (Å²) in [5.41, 5.74) is 0. The molecular weight excluding hydrogens is 509 g/mol. The first-order chi connectivity index (χ1) is 14.1. The maximum absolute atomic E-state index is 11.6. The molecule has 30 heavy (non-hydrogen) atoms. The van der Waals surface area contributed by atoms with Gasteiger partial charge in [0.2, 0.25) is 0 Å². The van der Waals surface area contributed by atoms with Gasteiger partial charge in [-0.1, -0.05) is 105 Å². The van der Waals surface area contributed by atoms with Gasteiger partial charge in [-0.25, -0.2) is 0 Å². The lowest BCUT2D eigenvalue weighted by molar-refractivity contribution is -0.138. The zero-order valence-electron chi connectivity index (χ0n) is 17.3. The molecule has 0 radical (unpaired) electrons. The van der Waals surface area contributed by atoms with Crippen LogP contribution < -0.4 is 0 Å². The lowest BCUT2D eigenvalue weighted by Crippen LogP contribution is -2.44. The first-order valence-corrected chi connectivity index (χ1v) is 13.0. The summed E-state index contributed by atoms with van der Waals surface area (Å²) in [6, 6.07) is 0. The minimum Gasteiger partial charge on any atom is -0.435 e. The average molecular weight is 539 g/mol. The number of unbranched alkanes of at least 4 members (excludes halogenated alkanes) is 6. The van der Waals surface area contributed by atoms with Crippen LogP contribution in [-0.2, 0) is 9.53 Å². The highest BCUT2D eigenvalue weighted by molar-refractivity contribution is 6.65. The van der Waals surface area contributed by atoms with Gasteiger partial charge in [-0.15, -0.1) is 23.2 Å². The van der Waals surface area contributed by atoms with Gasteiger partial charge in [-0.3, -0.25) is 4.79 Å². The molecular formula is C22H30Cl6O2. The monoisotopic (exact) mass is 536 g/mol. The molecule has 0 spiro atoms. The number of carbonyl (C=O) groups excluding carboxylic acids is 1. The number of hydrogen-bond acceptors (Lipinski definition) is 2. The van der Waals surface area contributed by atoms with Gasteiger partial charge in [-0.05, 0) is 31.1 Å². The molecule has 2 aliphatic rings. The second-order valence-electron chi connectivity index (χ2n) is 8.30. The number of halogens is 6. The van der Waals surface area contributed by atoms with Gasteiger partial charge in [0, 0.05) is 6.42 Å². The average Bonchev–Trinajstić information content (AvgIpc) is 2.89. The van der Waals surface area contributed by atoms with Crippen molar-refractivity contribution in [3.05, 3.63) is 22.9 Å². The van der Waals surface area contributed by atoms with E-state index in [9.17, 15) is 4.79 Å². The van der Waals surface area contributed by atoms with Crippen molar-refractivity contribution in [2.75, 3.05) is 0 Å². The Morgan fingerprint density at radius 1 is 0.900 bits per heavy atom. The van der Waals surface area contributed by atoms with Crippen LogP contribution >= 0.6 is 69.6 Å². The molecule has 0 heterocycles. The van der Waals surface area contributed by atoms with Crippen LogP contribution in [0.1, 0.15) is 77.6 Å². The number of ether oxygens (including phenoxy) is 1. The summed E-state index contributed by atoms with van der Waals surface area (Å²) in [5.74, 6) is -0.526. The van der Waals surface area contributed by atoms with Crippen LogP contribution in [0.2, 0.25) is 0 Å². The fraction of sp³-hybridized carbons (Fsp3) is 0.773. The van der Waals surface area contributed by atoms with Crippen molar-refractivity contribution < 1.29 is 9.53 Å². The Morgan fingerprint density at radius 3 is 1.87 bits per heavy atom. The third-order valence-corrected chi connectivity index (χ3v) is 10.8. The predicted molar refractivity (Wildman–Crippen MR) is 130 cm³/mol. The largest absolute Gasteiger partial charge is 0.435 e. The normalized spacial score (nSPS) is 32.0. The van der Waals surface area contributed by atoms with E-state index in [1.165, 1.54) is 25.7 Å². The maximum atomic E-state index is 11.6. The van der Waals surface area contributed by atoms with E-state index < -0.39 is 14.1 Å². The molecule has 2 rings (SSSR count). The van der Waals surface area contributed by atoms with Crippen molar-refractivity contribution in [3.63, 3.8) is 0 Å². The van der Waals surface area contributed by atoms with Crippen LogP contribution in [0.5, 0.6) is 0 Å². The van der Waals surface area contributed by atoms with Crippen molar-refractivity contribution in [1.29, 1.82) is 0 Å². The number of rotatable bonds is 13. The molecule has 1 fully saturated rings. The first kappa shape index (κ1) is 26.9. The van der Waals surface area contributed by atoms with E-state index in [-0.39, 0.29) is 27.9 Å². The molecule has 2 aliphatic carbocycles. The molecule has 2 bridgehead atoms. The molecule has 4 unspecified atom stereocenters. The summed E-state index contributed by atoms with van der Waals surface area (Å²) in [6.45, 7) is 5.59. The summed E-state index contributed by atoms with van der Waals surface area (Å²) in [5, 5.41) is 0.522. The van der Waals surface area contributed by atoms with Crippen molar-refractivity contribution in [1.82, 2.24) is 0 Å². The van der Waals surface area contributed by atoms with Crippen LogP contribution in [0.15, 0.2) is 22.9 Å². The number of esters is 1. The van der Waals surface area contributed by atoms with E-state index in [0.29, 0.717) is 19.3 Å². The van der Waals surface area contributed by atoms with Gasteiger partial charge in [0.25, 0.3) is 0 Å². The maximum Gasteiger partial charge on any atom is 0.310 e. The van der Waals surface area contributed by atoms with Gasteiger partial charge in [0.15, 0.2) is 4.33 Å². The molecule has 2 nitrogen and oxygen atoms in total. The minimum atomic E-state index is -1.50. The Hall–Kier alpha value is 0.690. The second kappa shape index (κ2) is 11.2. The highest BCUT2D eigenvalue weighted by Crippen LogP contribution is 2.77. The minimum absolute atomic E-state index is 0.0898. The van der Waals surface area contributed by atoms with E-state index >= 15 is 0 Å². The Labute approximate surface area is 210 Å². The van der Waals surface area contributed by atoms with E-state index in [1.807, 2.05) is 0 Å². The molecule has 0 amide bonds. The quantitative estimate of drug-likeness (QED) is 0.101. The highest BCUT2D eigenvalue weighted by atomic mass is 35.5. The molecule has 172 valence electrons. The van der Waals surface area contributed by atoms with Crippen LogP contribution in [-0.4, -0.2) is 20.1 Å². The summed E-state index contributed by atoms with van der Waals surface area (Å²) >= 11 is 40.7. The fourth-order valence-corrected chi connectivity index (χ4v) is 8.08. The second-order valence-corrected chi connectivity index (χ2v) is 11.6. The molecule has 0 aromatic carbocycles. The number of fused-ring (bicyclic) bond motifs is 2. The summed E-state index contributed by atoms with van der Waals surface area (Å²) < 4.78 is 3.26. The van der Waals surface area contributed by atoms with Gasteiger partial charge >= 0.3 is 5.97 Å². The van der Waals surface area contributed by atoms with Crippen LogP contribution in [0.25, 0.3) is 0 Å². The van der Waals surface area contributed by atoms with E-state index in [1.54, 1.807) is 0 Å². The molecule has 0 N–H and O–H groups in total. The van der Waals surface area contributed by atoms with E-state index in [4.69, 9.17) is 74.3 Å². The molecule has 4 atom stereocenters. The lowest BCUT2D eigenvalue weighted by atomic mass is 9.76. The van der Waals surface area contributed by atoms with Crippen molar-refractivity contribution in [2.24, 2.45) is 11.8 Å². The van der Waals surface area contributed by atoms with Crippen LogP contribution in [0.4, 0.5) is 0 Å². The number of hydrogen-bond donors (Lipinski definition) is 0. The lowest BCUT2D eigenvalue weighted by Gasteiger charge is -2.37. The summed E-state index contributed by atoms with van der Waals surface area (Å²) in [6.07, 6.45) is 11.4. The van der Waals surface area contributed by atoms with Crippen molar-refractivity contribution in [3.8, 4) is 0 Å². The van der Waals surface area contributed by atoms with Gasteiger partial charge in [0.1, 0.15) is 9.75 Å². The molecule has 0 aromatic heterocycles. The smallest absolute Gasteiger partial charge is 0.310 e. The Bertz CT molecular complexity index is 664. The van der Waals surface area contributed by atoms with Gasteiger partial charge in [0.05, 0.1) is 16.3 Å². The van der Waals surface area contributed by atoms with Crippen molar-refractivity contribution in [2.45, 2.75) is 91.6 Å². The Kier molecular flexibility index (Phi) is 10.1. The Balaban J connectivity index is 2.11. The van der Waals surface area contributed by atoms with Gasteiger partial charge < -0.3 is 4.74 Å². The van der Waals surface area contributed by atoms with Crippen LogP contribution in [0, 0.1) is 11.8 Å². The zero-order chi connectivity index (χ0) is 22.6. The number of alkyl halides is 4. The highest BCUT2D eigenvalue weighted by Gasteiger charge is 2.81. The predicted octanol–water partition coefficient (Wildman–Crippen LogP) is 9.06. The molecule has 1 saturated carbocycles. The van der Waals surface area contributed by atoms with E-state index in [2.05, 4.69) is 13.5 Å². The molecule has 0 saturated heterocycles. The molecule has 8 heteroatoms. The number of carbonyl (C=O) groups is 1. The van der Waals surface area contributed by atoms with E-state index in [0.717, 1.165) is 31.9 Å². The third kappa shape index (κ3) is 4.66. The third-order valence-electron chi connectivity index (χ3n) is 6.48. The van der Waals surface area contributed by atoms with Crippen molar-refractivity contribution >= 4 is 75.6 Å². The fourth-order valence-electron chi connectivity index (χ4n) is 4.94. The Morgan fingerprint density at radius 2 is 1.37 bits per heavy atom. The summed E-state index contributed by atoms with van der Waals surface area (Å²) in [7, 11) is 0. The summed E-state index contributed by atoms with van der Waals surface area (Å²) in [4.78, 5) is 9.13. The van der Waals surface area contributed by atoms with Gasteiger partial charge in [-0.2, -0.15) is 0 Å².